The summed E-state index contributed by atoms with van der Waals surface area (Å²) in [7, 11) is 0. The molecule has 0 aliphatic rings. The minimum absolute atomic E-state index is 0. The molecule has 0 radical (unpaired) electrons. The first-order chi connectivity index (χ1) is 10.4. The third-order valence-electron chi connectivity index (χ3n) is 4.29. The zero-order chi connectivity index (χ0) is 14.1. The van der Waals surface area contributed by atoms with E-state index < -0.39 is 0 Å². The van der Waals surface area contributed by atoms with Crippen molar-refractivity contribution < 1.29 is 21.7 Å². The maximum Gasteiger partial charge on any atom is 4.00 e. The van der Waals surface area contributed by atoms with Crippen LogP contribution < -0.4 is 0 Å². The van der Waals surface area contributed by atoms with Gasteiger partial charge >= 0.3 is 21.7 Å². The molecule has 0 fully saturated rings. The summed E-state index contributed by atoms with van der Waals surface area (Å²) in [5.41, 5.74) is 2.93. The minimum Gasteiger partial charge on any atom is -0.358 e. The molecule has 0 aliphatic heterocycles. The monoisotopic (exact) mass is 348 g/mol. The van der Waals surface area contributed by atoms with Gasteiger partial charge in [0.2, 0.25) is 0 Å². The summed E-state index contributed by atoms with van der Waals surface area (Å²) in [5.74, 6) is 0. The third kappa shape index (κ3) is 4.26. The Morgan fingerprint density at radius 3 is 1.46 bits per heavy atom. The molecule has 0 aliphatic carbocycles. The Kier molecular flexibility index (Phi) is 7.67. The zero-order valence-electron chi connectivity index (χ0n) is 14.5. The number of benzene rings is 2. The quantitative estimate of drug-likeness (QED) is 0.291. The van der Waals surface area contributed by atoms with E-state index in [1.165, 1.54) is 39.1 Å². The van der Waals surface area contributed by atoms with Crippen LogP contribution in [-0.4, -0.2) is 0 Å². The van der Waals surface area contributed by atoms with Gasteiger partial charge in [-0.3, -0.25) is 0 Å². The zero-order valence-corrected chi connectivity index (χ0v) is 16.1. The van der Waals surface area contributed by atoms with Crippen molar-refractivity contribution in [1.29, 1.82) is 0 Å². The van der Waals surface area contributed by atoms with E-state index in [1.807, 2.05) is 0 Å². The van der Waals surface area contributed by atoms with Gasteiger partial charge < -0.3 is 14.9 Å². The van der Waals surface area contributed by atoms with Gasteiger partial charge in [0.05, 0.1) is 0 Å². The average Bonchev–Trinajstić information content (AvgIpc) is 3.09. The molecule has 4 aromatic carbocycles. The predicted molar refractivity (Wildman–Crippen MR) is 104 cm³/mol. The molecular weight excluding hydrogens is 324 g/mol. The second-order valence-electron chi connectivity index (χ2n) is 5.84. The third-order valence-corrected chi connectivity index (χ3v) is 4.29. The summed E-state index contributed by atoms with van der Waals surface area (Å²) in [6.45, 7) is 0. The number of fused-ring (bicyclic) bond motifs is 2. The Bertz CT molecular complexity index is 739. The molecule has 0 nitrogen and oxygen atoms in total. The molecule has 0 saturated carbocycles. The fourth-order valence-corrected chi connectivity index (χ4v) is 3.22. The molecule has 0 N–H and O–H groups in total. The largest absolute Gasteiger partial charge is 4.00 e. The van der Waals surface area contributed by atoms with E-state index in [-0.39, 0.29) is 36.6 Å². The van der Waals surface area contributed by atoms with Gasteiger partial charge in [-0.25, -0.2) is 0 Å². The van der Waals surface area contributed by atoms with E-state index in [0.717, 1.165) is 12.8 Å². The molecule has 0 aromatic heterocycles. The average molecular weight is 348 g/mol. The first-order valence-corrected chi connectivity index (χ1v) is 7.67. The van der Waals surface area contributed by atoms with Crippen LogP contribution in [0.3, 0.4) is 0 Å². The van der Waals surface area contributed by atoms with E-state index in [0.29, 0.717) is 0 Å². The summed E-state index contributed by atoms with van der Waals surface area (Å²) in [4.78, 5) is 0. The van der Waals surface area contributed by atoms with Crippen LogP contribution in [-0.2, 0) is 34.6 Å². The van der Waals surface area contributed by atoms with Gasteiger partial charge in [0, 0.05) is 0 Å². The SMILES string of the molecule is [CH3-].[CH3-].[Ti+4].c1ccc2[cH-]c(CCCc3cc4ccccc4[cH-]3)cc2c1. The van der Waals surface area contributed by atoms with Crippen molar-refractivity contribution in [3.63, 3.8) is 0 Å². The molecular formula is C23H24Ti. The van der Waals surface area contributed by atoms with Crippen molar-refractivity contribution in [1.82, 2.24) is 0 Å². The molecule has 24 heavy (non-hydrogen) atoms. The Labute approximate surface area is 161 Å². The van der Waals surface area contributed by atoms with Crippen LogP contribution >= 0.6 is 0 Å². The Balaban J connectivity index is 0.000000960. The Morgan fingerprint density at radius 2 is 1.04 bits per heavy atom. The number of aryl methyl sites for hydroxylation is 2. The summed E-state index contributed by atoms with van der Waals surface area (Å²) in [5, 5.41) is 5.47. The molecule has 0 unspecified atom stereocenters. The molecule has 4 rings (SSSR count). The standard InChI is InChI=1S/C21H18.2CH3.Ti/c1-2-9-19-13-16(12-18(19)8-1)6-5-7-17-14-20-10-3-4-11-21(20)15-17;;;/h1-4,8-15H,5-7H2;2*1H3;/q-2;2*-1;+4. The van der Waals surface area contributed by atoms with Crippen molar-refractivity contribution in [2.24, 2.45) is 0 Å². The van der Waals surface area contributed by atoms with Gasteiger partial charge in [-0.05, 0) is 19.3 Å². The van der Waals surface area contributed by atoms with Crippen molar-refractivity contribution in [2.75, 3.05) is 0 Å². The molecule has 0 amide bonds. The maximum absolute atomic E-state index is 2.33. The smallest absolute Gasteiger partial charge is 0.358 e. The van der Waals surface area contributed by atoms with E-state index >= 15 is 0 Å². The predicted octanol–water partition coefficient (Wildman–Crippen LogP) is 6.50. The van der Waals surface area contributed by atoms with Gasteiger partial charge in [-0.1, -0.05) is 12.1 Å². The molecule has 0 atom stereocenters. The van der Waals surface area contributed by atoms with Crippen LogP contribution in [0, 0.1) is 14.9 Å². The summed E-state index contributed by atoms with van der Waals surface area (Å²) >= 11 is 0. The molecule has 0 spiro atoms. The van der Waals surface area contributed by atoms with Gasteiger partial charge in [-0.15, -0.1) is 81.2 Å². The van der Waals surface area contributed by atoms with E-state index in [1.54, 1.807) is 0 Å². The fraction of sp³-hybridized carbons (Fsp3) is 0.130. The summed E-state index contributed by atoms with van der Waals surface area (Å²) in [6, 6.07) is 26.6. The first kappa shape index (κ1) is 20.4. The van der Waals surface area contributed by atoms with Crippen LogP contribution in [0.1, 0.15) is 17.5 Å². The van der Waals surface area contributed by atoms with Gasteiger partial charge in [-0.2, -0.15) is 12.1 Å². The second kappa shape index (κ2) is 9.01. The molecule has 120 valence electrons. The van der Waals surface area contributed by atoms with Gasteiger partial charge in [0.1, 0.15) is 0 Å². The molecule has 0 saturated heterocycles. The summed E-state index contributed by atoms with van der Waals surface area (Å²) < 4.78 is 0. The van der Waals surface area contributed by atoms with Crippen molar-refractivity contribution in [3.8, 4) is 0 Å². The number of rotatable bonds is 4. The van der Waals surface area contributed by atoms with Gasteiger partial charge in [0.25, 0.3) is 0 Å². The Hall–Kier alpha value is -1.63. The van der Waals surface area contributed by atoms with Crippen LogP contribution in [0.2, 0.25) is 0 Å². The second-order valence-corrected chi connectivity index (χ2v) is 5.84. The molecule has 1 heteroatoms. The normalized spacial score (nSPS) is 10.0. The van der Waals surface area contributed by atoms with E-state index in [4.69, 9.17) is 0 Å². The summed E-state index contributed by atoms with van der Waals surface area (Å²) in [6.07, 6.45) is 3.54. The first-order valence-electron chi connectivity index (χ1n) is 7.67. The Morgan fingerprint density at radius 1 is 0.625 bits per heavy atom. The fourth-order valence-electron chi connectivity index (χ4n) is 3.22. The van der Waals surface area contributed by atoms with Crippen molar-refractivity contribution in [3.05, 3.63) is 98.8 Å². The van der Waals surface area contributed by atoms with Gasteiger partial charge in [0.15, 0.2) is 0 Å². The van der Waals surface area contributed by atoms with Crippen LogP contribution in [0.4, 0.5) is 0 Å². The van der Waals surface area contributed by atoms with Crippen LogP contribution in [0.25, 0.3) is 21.5 Å². The van der Waals surface area contributed by atoms with Crippen molar-refractivity contribution in [2.45, 2.75) is 19.3 Å². The topological polar surface area (TPSA) is 0 Å². The minimum atomic E-state index is 0. The van der Waals surface area contributed by atoms with E-state index in [2.05, 4.69) is 72.8 Å². The van der Waals surface area contributed by atoms with Crippen molar-refractivity contribution >= 4 is 21.5 Å². The molecule has 0 heterocycles. The molecule has 4 aromatic rings. The van der Waals surface area contributed by atoms with Crippen LogP contribution in [0.5, 0.6) is 0 Å². The molecule has 0 bridgehead atoms. The van der Waals surface area contributed by atoms with E-state index in [9.17, 15) is 0 Å². The number of hydrogen-bond donors (Lipinski definition) is 0. The van der Waals surface area contributed by atoms with Crippen LogP contribution in [0.15, 0.2) is 72.8 Å². The maximum atomic E-state index is 2.33. The number of hydrogen-bond acceptors (Lipinski definition) is 0.